The Hall–Kier alpha value is -1.36. The normalized spacial score (nSPS) is 12.6. The van der Waals surface area contributed by atoms with Gasteiger partial charge >= 0.3 is 0 Å². The van der Waals surface area contributed by atoms with Crippen molar-refractivity contribution in [1.82, 2.24) is 10.3 Å². The molecule has 0 radical (unpaired) electrons. The molecule has 0 saturated carbocycles. The van der Waals surface area contributed by atoms with Crippen LogP contribution in [-0.4, -0.2) is 28.6 Å². The van der Waals surface area contributed by atoms with E-state index in [9.17, 15) is 4.79 Å². The smallest absolute Gasteiger partial charge is 0.289 e. The first-order valence-corrected chi connectivity index (χ1v) is 4.41. The summed E-state index contributed by atoms with van der Waals surface area (Å²) in [6, 6.07) is 0. The molecule has 1 rings (SSSR count). The zero-order chi connectivity index (χ0) is 10.7. The Morgan fingerprint density at radius 3 is 2.71 bits per heavy atom. The molecule has 0 bridgehead atoms. The van der Waals surface area contributed by atoms with Crippen molar-refractivity contribution in [3.63, 3.8) is 0 Å². The molecule has 5 nitrogen and oxygen atoms in total. The first kappa shape index (κ1) is 10.7. The number of nitrogens with one attached hydrogen (secondary N) is 1. The maximum atomic E-state index is 11.4. The number of carbonyl (C=O) groups excluding carboxylic acids is 1. The monoisotopic (exact) mass is 198 g/mol. The maximum Gasteiger partial charge on any atom is 0.289 e. The van der Waals surface area contributed by atoms with Gasteiger partial charge in [0.1, 0.15) is 0 Å². The summed E-state index contributed by atoms with van der Waals surface area (Å²) in [5, 5.41) is 11.5. The van der Waals surface area contributed by atoms with Gasteiger partial charge in [-0.15, -0.1) is 0 Å². The van der Waals surface area contributed by atoms with Crippen molar-refractivity contribution < 1.29 is 14.3 Å². The van der Waals surface area contributed by atoms with Crippen LogP contribution in [0, 0.1) is 13.8 Å². The fourth-order valence-electron chi connectivity index (χ4n) is 1.06. The lowest BCUT2D eigenvalue weighted by Crippen LogP contribution is -2.30. The molecule has 1 heterocycles. The molecule has 0 aliphatic carbocycles. The summed E-state index contributed by atoms with van der Waals surface area (Å²) < 4.78 is 5.10. The second-order valence-corrected chi connectivity index (χ2v) is 3.21. The molecule has 1 aromatic heterocycles. The Labute approximate surface area is 82.1 Å². The van der Waals surface area contributed by atoms with Gasteiger partial charge in [-0.05, 0) is 13.8 Å². The number of aliphatic hydroxyl groups excluding tert-OH is 1. The molecular formula is C9H14N2O3. The van der Waals surface area contributed by atoms with Crippen molar-refractivity contribution in [2.75, 3.05) is 6.54 Å². The van der Waals surface area contributed by atoms with E-state index in [2.05, 4.69) is 10.3 Å². The van der Waals surface area contributed by atoms with Crippen molar-refractivity contribution in [2.24, 2.45) is 0 Å². The molecule has 0 aliphatic rings. The largest absolute Gasteiger partial charge is 0.436 e. The summed E-state index contributed by atoms with van der Waals surface area (Å²) in [4.78, 5) is 15.4. The summed E-state index contributed by atoms with van der Waals surface area (Å²) in [6.45, 7) is 5.18. The van der Waals surface area contributed by atoms with E-state index in [1.165, 1.54) is 0 Å². The van der Waals surface area contributed by atoms with Gasteiger partial charge in [0.2, 0.25) is 5.76 Å². The molecule has 1 amide bonds. The van der Waals surface area contributed by atoms with Crippen molar-refractivity contribution in [3.8, 4) is 0 Å². The molecule has 1 aromatic rings. The number of amides is 1. The van der Waals surface area contributed by atoms with Gasteiger partial charge in [-0.2, -0.15) is 0 Å². The summed E-state index contributed by atoms with van der Waals surface area (Å²) in [5.41, 5.74) is 0.561. The van der Waals surface area contributed by atoms with Gasteiger partial charge in [0.15, 0.2) is 5.89 Å². The highest BCUT2D eigenvalue weighted by atomic mass is 16.4. The highest BCUT2D eigenvalue weighted by molar-refractivity contribution is 5.92. The van der Waals surface area contributed by atoms with Crippen molar-refractivity contribution >= 4 is 5.91 Å². The van der Waals surface area contributed by atoms with E-state index >= 15 is 0 Å². The number of aryl methyl sites for hydroxylation is 2. The fourth-order valence-corrected chi connectivity index (χ4v) is 1.06. The Bertz CT molecular complexity index is 331. The minimum atomic E-state index is -0.566. The summed E-state index contributed by atoms with van der Waals surface area (Å²) in [7, 11) is 0. The third kappa shape index (κ3) is 2.56. The number of nitrogens with zero attached hydrogens (tertiary/aromatic N) is 1. The van der Waals surface area contributed by atoms with Crippen molar-refractivity contribution in [2.45, 2.75) is 26.9 Å². The topological polar surface area (TPSA) is 75.4 Å². The SMILES string of the molecule is Cc1nc(C)c(C(=O)NC[C@@H](C)O)o1. The predicted octanol–water partition coefficient (Wildman–Crippen LogP) is 0.402. The van der Waals surface area contributed by atoms with E-state index in [1.54, 1.807) is 20.8 Å². The van der Waals surface area contributed by atoms with Crippen LogP contribution >= 0.6 is 0 Å². The Morgan fingerprint density at radius 2 is 2.29 bits per heavy atom. The van der Waals surface area contributed by atoms with Gasteiger partial charge in [0.25, 0.3) is 5.91 Å². The molecule has 0 aromatic carbocycles. The van der Waals surface area contributed by atoms with Crippen LogP contribution in [0.2, 0.25) is 0 Å². The second kappa shape index (κ2) is 4.23. The minimum absolute atomic E-state index is 0.206. The highest BCUT2D eigenvalue weighted by Gasteiger charge is 2.15. The predicted molar refractivity (Wildman–Crippen MR) is 50.0 cm³/mol. The van der Waals surface area contributed by atoms with Gasteiger partial charge in [-0.25, -0.2) is 4.98 Å². The zero-order valence-corrected chi connectivity index (χ0v) is 8.50. The van der Waals surface area contributed by atoms with Crippen LogP contribution in [0.4, 0.5) is 0 Å². The number of oxazole rings is 1. The first-order chi connectivity index (χ1) is 6.50. The Morgan fingerprint density at radius 1 is 1.64 bits per heavy atom. The van der Waals surface area contributed by atoms with Crippen molar-refractivity contribution in [1.29, 1.82) is 0 Å². The lowest BCUT2D eigenvalue weighted by Gasteiger charge is -2.04. The number of aromatic nitrogens is 1. The summed E-state index contributed by atoms with van der Waals surface area (Å²) >= 11 is 0. The highest BCUT2D eigenvalue weighted by Crippen LogP contribution is 2.08. The van der Waals surface area contributed by atoms with Gasteiger partial charge < -0.3 is 14.8 Å². The van der Waals surface area contributed by atoms with E-state index in [0.29, 0.717) is 11.6 Å². The van der Waals surface area contributed by atoms with Gasteiger partial charge in [0.05, 0.1) is 11.8 Å². The summed E-state index contributed by atoms with van der Waals surface area (Å²) in [6.07, 6.45) is -0.566. The number of carbonyl (C=O) groups is 1. The number of hydrogen-bond donors (Lipinski definition) is 2. The molecule has 1 atom stereocenters. The van der Waals surface area contributed by atoms with E-state index in [1.807, 2.05) is 0 Å². The standard InChI is InChI=1S/C9H14N2O3/c1-5(12)4-10-9(13)8-6(2)11-7(3)14-8/h5,12H,4H2,1-3H3,(H,10,13)/t5-/m1/s1. The molecule has 2 N–H and O–H groups in total. The van der Waals surface area contributed by atoms with Gasteiger partial charge in [-0.3, -0.25) is 4.79 Å². The fraction of sp³-hybridized carbons (Fsp3) is 0.556. The zero-order valence-electron chi connectivity index (χ0n) is 8.50. The quantitative estimate of drug-likeness (QED) is 0.737. The molecule has 78 valence electrons. The van der Waals surface area contributed by atoms with Gasteiger partial charge in [-0.1, -0.05) is 0 Å². The maximum absolute atomic E-state index is 11.4. The van der Waals surface area contributed by atoms with Gasteiger partial charge in [0, 0.05) is 13.5 Å². The van der Waals surface area contributed by atoms with Crippen molar-refractivity contribution in [3.05, 3.63) is 17.3 Å². The molecular weight excluding hydrogens is 184 g/mol. The number of aliphatic hydroxyl groups is 1. The average molecular weight is 198 g/mol. The van der Waals surface area contributed by atoms with Crippen LogP contribution in [0.1, 0.15) is 29.1 Å². The second-order valence-electron chi connectivity index (χ2n) is 3.21. The average Bonchev–Trinajstić information content (AvgIpc) is 2.41. The minimum Gasteiger partial charge on any atom is -0.436 e. The van der Waals surface area contributed by atoms with Crippen LogP contribution in [0.15, 0.2) is 4.42 Å². The van der Waals surface area contributed by atoms with Crippen LogP contribution in [0.25, 0.3) is 0 Å². The van der Waals surface area contributed by atoms with E-state index in [0.717, 1.165) is 0 Å². The van der Waals surface area contributed by atoms with E-state index in [4.69, 9.17) is 9.52 Å². The van der Waals surface area contributed by atoms with Crippen LogP contribution in [0.5, 0.6) is 0 Å². The van der Waals surface area contributed by atoms with Crippen LogP contribution < -0.4 is 5.32 Å². The summed E-state index contributed by atoms with van der Waals surface area (Å²) in [5.74, 6) is 0.330. The third-order valence-corrected chi connectivity index (χ3v) is 1.67. The first-order valence-electron chi connectivity index (χ1n) is 4.41. The van der Waals surface area contributed by atoms with E-state index in [-0.39, 0.29) is 18.2 Å². The molecule has 0 fully saturated rings. The molecule has 5 heteroatoms. The Balaban J connectivity index is 2.65. The number of hydrogen-bond acceptors (Lipinski definition) is 4. The molecule has 0 aliphatic heterocycles. The third-order valence-electron chi connectivity index (χ3n) is 1.67. The number of rotatable bonds is 3. The molecule has 0 saturated heterocycles. The molecule has 14 heavy (non-hydrogen) atoms. The molecule has 0 spiro atoms. The Kier molecular flexibility index (Phi) is 3.24. The van der Waals surface area contributed by atoms with Crippen LogP contribution in [-0.2, 0) is 0 Å². The van der Waals surface area contributed by atoms with E-state index < -0.39 is 6.10 Å². The lowest BCUT2D eigenvalue weighted by molar-refractivity contribution is 0.0894. The van der Waals surface area contributed by atoms with Crippen LogP contribution in [0.3, 0.4) is 0 Å². The lowest BCUT2D eigenvalue weighted by atomic mass is 10.3. The molecule has 0 unspecified atom stereocenters.